The van der Waals surface area contributed by atoms with E-state index in [1.54, 1.807) is 7.11 Å². The highest BCUT2D eigenvalue weighted by molar-refractivity contribution is 6.07. The van der Waals surface area contributed by atoms with Crippen LogP contribution in [0.2, 0.25) is 0 Å². The van der Waals surface area contributed by atoms with Gasteiger partial charge in [-0.3, -0.25) is 4.79 Å². The van der Waals surface area contributed by atoms with Crippen LogP contribution >= 0.6 is 0 Å². The van der Waals surface area contributed by atoms with Crippen molar-refractivity contribution in [3.05, 3.63) is 65.9 Å². The van der Waals surface area contributed by atoms with Gasteiger partial charge < -0.3 is 39.7 Å². The number of ether oxygens (including phenoxy) is 3. The Morgan fingerprint density at radius 2 is 1.92 bits per heavy atom. The number of H-pyrrole nitrogens is 2. The van der Waals surface area contributed by atoms with Gasteiger partial charge in [-0.25, -0.2) is 14.8 Å². The second-order valence-electron chi connectivity index (χ2n) is 14.6. The van der Waals surface area contributed by atoms with E-state index in [1.165, 1.54) is 7.11 Å². The van der Waals surface area contributed by atoms with Crippen LogP contribution in [0, 0.1) is 11.8 Å². The molecular weight excluding hydrogens is 646 g/mol. The first-order chi connectivity index (χ1) is 24.7. The number of likely N-dealkylation sites (tertiary alicyclic amines) is 1. The third kappa shape index (κ3) is 5.99. The molecule has 3 aromatic carbocycles. The number of methoxy groups -OCH3 is 2. The number of rotatable bonds is 8. The summed E-state index contributed by atoms with van der Waals surface area (Å²) >= 11 is 0. The van der Waals surface area contributed by atoms with Crippen LogP contribution in [-0.2, 0) is 20.9 Å². The van der Waals surface area contributed by atoms with Crippen molar-refractivity contribution in [3.63, 3.8) is 0 Å². The van der Waals surface area contributed by atoms with E-state index >= 15 is 0 Å². The lowest BCUT2D eigenvalue weighted by Crippen LogP contribution is -2.52. The molecule has 5 aromatic rings. The highest BCUT2D eigenvalue weighted by atomic mass is 16.5. The first kappa shape index (κ1) is 33.2. The normalized spacial score (nSPS) is 21.9. The zero-order valence-electron chi connectivity index (χ0n) is 29.7. The van der Waals surface area contributed by atoms with Crippen molar-refractivity contribution in [2.75, 3.05) is 27.4 Å². The van der Waals surface area contributed by atoms with Crippen molar-refractivity contribution >= 4 is 33.8 Å². The predicted octanol–water partition coefficient (Wildman–Crippen LogP) is 6.40. The van der Waals surface area contributed by atoms with Crippen molar-refractivity contribution in [1.82, 2.24) is 35.5 Å². The number of carbonyl (C=O) groups is 2. The number of fused-ring (bicyclic) bond motifs is 6. The Morgan fingerprint density at radius 1 is 1.06 bits per heavy atom. The molecular formula is C39H45N7O5. The van der Waals surface area contributed by atoms with E-state index in [0.29, 0.717) is 12.5 Å². The largest absolute Gasteiger partial charge is 0.488 e. The van der Waals surface area contributed by atoms with Crippen LogP contribution in [0.15, 0.2) is 48.7 Å². The maximum absolute atomic E-state index is 13.8. The first-order valence-corrected chi connectivity index (χ1v) is 17.9. The Hall–Kier alpha value is -4.94. The summed E-state index contributed by atoms with van der Waals surface area (Å²) in [6, 6.07) is 14.3. The molecule has 51 heavy (non-hydrogen) atoms. The molecule has 3 aliphatic rings. The second-order valence-corrected chi connectivity index (χ2v) is 14.6. The molecule has 266 valence electrons. The van der Waals surface area contributed by atoms with Gasteiger partial charge in [0.05, 0.1) is 48.7 Å². The number of aromatic nitrogens is 4. The standard InChI is InChI=1S/C39H45N7O5/c1-20(2)34(45-39(48)50-5)38(47)46-21(3)6-11-32(46)37-41-17-31(43-37)24-7-9-26-25(13-24)19-51-33-15-27-23(14-28(26)33)8-10-29-35(27)44-36(42-29)30-12-22(16-40-30)18-49-4/h7-10,13-15,17,20-22,30,32,34,40H,6,11-12,16,18-19H2,1-5H3,(H,41,43)(H,42,44)(H,45,48). The number of nitrogens with one attached hydrogen (secondary N) is 4. The smallest absolute Gasteiger partial charge is 0.407 e. The second kappa shape index (κ2) is 13.3. The average Bonchev–Trinajstić information content (AvgIpc) is 3.95. The minimum atomic E-state index is -0.693. The Morgan fingerprint density at radius 3 is 2.73 bits per heavy atom. The molecule has 0 aliphatic carbocycles. The summed E-state index contributed by atoms with van der Waals surface area (Å²) in [6.07, 6.45) is 3.85. The molecule has 5 atom stereocenters. The van der Waals surface area contributed by atoms with Gasteiger partial charge in [-0.05, 0) is 84.4 Å². The maximum Gasteiger partial charge on any atom is 0.407 e. The van der Waals surface area contributed by atoms with E-state index in [4.69, 9.17) is 24.2 Å². The molecule has 0 bridgehead atoms. The SMILES string of the molecule is COCC1CNC(c2nc3c(ccc4cc5c(cc43)OCc3cc(-c4cnc(C6CCC(C)N6C(=O)C(NC(=O)OC)C(C)C)[nH]4)ccc3-5)[nH]2)C1. The lowest BCUT2D eigenvalue weighted by atomic mass is 9.92. The molecule has 8 rings (SSSR count). The summed E-state index contributed by atoms with van der Waals surface area (Å²) in [5.41, 5.74) is 7.14. The Bertz CT molecular complexity index is 2120. The molecule has 5 unspecified atom stereocenters. The number of hydrogen-bond acceptors (Lipinski definition) is 8. The third-order valence-corrected chi connectivity index (χ3v) is 10.9. The van der Waals surface area contributed by atoms with Crippen LogP contribution in [-0.4, -0.2) is 76.3 Å². The Balaban J connectivity index is 1.05. The van der Waals surface area contributed by atoms with Gasteiger partial charge in [0.25, 0.3) is 0 Å². The molecule has 0 spiro atoms. The predicted molar refractivity (Wildman–Crippen MR) is 194 cm³/mol. The fraction of sp³-hybridized carbons (Fsp3) is 0.436. The Kier molecular flexibility index (Phi) is 8.67. The number of alkyl carbamates (subject to hydrolysis) is 1. The van der Waals surface area contributed by atoms with Gasteiger partial charge in [-0.15, -0.1) is 0 Å². The number of hydrogen-bond donors (Lipinski definition) is 4. The highest BCUT2D eigenvalue weighted by Gasteiger charge is 2.41. The van der Waals surface area contributed by atoms with Crippen LogP contribution in [0.1, 0.15) is 69.3 Å². The van der Waals surface area contributed by atoms with Crippen LogP contribution in [0.25, 0.3) is 44.2 Å². The van der Waals surface area contributed by atoms with Gasteiger partial charge >= 0.3 is 6.09 Å². The lowest BCUT2D eigenvalue weighted by molar-refractivity contribution is -0.137. The topological polar surface area (TPSA) is 146 Å². The Labute approximate surface area is 296 Å². The minimum Gasteiger partial charge on any atom is -0.488 e. The number of benzene rings is 3. The molecule has 2 fully saturated rings. The molecule has 2 amide bonds. The van der Waals surface area contributed by atoms with Crippen LogP contribution < -0.4 is 15.4 Å². The van der Waals surface area contributed by atoms with E-state index in [1.807, 2.05) is 31.9 Å². The quantitative estimate of drug-likeness (QED) is 0.146. The molecule has 2 aromatic heterocycles. The zero-order valence-corrected chi connectivity index (χ0v) is 29.7. The van der Waals surface area contributed by atoms with Gasteiger partial charge in [0.15, 0.2) is 0 Å². The summed E-state index contributed by atoms with van der Waals surface area (Å²) in [5.74, 6) is 2.80. The van der Waals surface area contributed by atoms with Crippen LogP contribution in [0.3, 0.4) is 0 Å². The van der Waals surface area contributed by atoms with Crippen molar-refractivity contribution < 1.29 is 23.8 Å². The third-order valence-electron chi connectivity index (χ3n) is 10.9. The van der Waals surface area contributed by atoms with Crippen molar-refractivity contribution in [3.8, 4) is 28.1 Å². The van der Waals surface area contributed by atoms with E-state index < -0.39 is 12.1 Å². The van der Waals surface area contributed by atoms with Crippen LogP contribution in [0.4, 0.5) is 4.79 Å². The molecule has 12 nitrogen and oxygen atoms in total. The number of amides is 2. The first-order valence-electron chi connectivity index (χ1n) is 17.9. The van der Waals surface area contributed by atoms with Crippen molar-refractivity contribution in [1.29, 1.82) is 0 Å². The lowest BCUT2D eigenvalue weighted by Gasteiger charge is -2.32. The van der Waals surface area contributed by atoms with Gasteiger partial charge in [-0.2, -0.15) is 0 Å². The van der Waals surface area contributed by atoms with Crippen molar-refractivity contribution in [2.45, 2.75) is 70.8 Å². The van der Waals surface area contributed by atoms with E-state index in [2.05, 4.69) is 63.1 Å². The number of imidazole rings is 2. The summed E-state index contributed by atoms with van der Waals surface area (Å²) in [6.45, 7) is 8.01. The molecule has 5 heterocycles. The summed E-state index contributed by atoms with van der Waals surface area (Å²) in [7, 11) is 3.06. The molecule has 12 heteroatoms. The molecule has 0 saturated carbocycles. The van der Waals surface area contributed by atoms with Gasteiger partial charge in [-0.1, -0.05) is 32.0 Å². The highest BCUT2D eigenvalue weighted by Crippen LogP contribution is 2.43. The van der Waals surface area contributed by atoms with Crippen LogP contribution in [0.5, 0.6) is 5.75 Å². The number of carbonyl (C=O) groups excluding carboxylic acids is 2. The summed E-state index contributed by atoms with van der Waals surface area (Å²) in [5, 5.41) is 8.51. The molecule has 4 N–H and O–H groups in total. The molecule has 3 aliphatic heterocycles. The average molecular weight is 692 g/mol. The van der Waals surface area contributed by atoms with E-state index in [-0.39, 0.29) is 30.0 Å². The fourth-order valence-electron chi connectivity index (χ4n) is 8.15. The molecule has 2 saturated heterocycles. The van der Waals surface area contributed by atoms with E-state index in [0.717, 1.165) is 99.6 Å². The summed E-state index contributed by atoms with van der Waals surface area (Å²) in [4.78, 5) is 44.6. The minimum absolute atomic E-state index is 0.0121. The number of aromatic amines is 2. The van der Waals surface area contributed by atoms with E-state index in [9.17, 15) is 9.59 Å². The van der Waals surface area contributed by atoms with Gasteiger partial charge in [0.2, 0.25) is 5.91 Å². The van der Waals surface area contributed by atoms with Crippen molar-refractivity contribution in [2.24, 2.45) is 11.8 Å². The monoisotopic (exact) mass is 691 g/mol. The zero-order chi connectivity index (χ0) is 35.4. The number of nitrogens with zero attached hydrogens (tertiary/aromatic N) is 3. The van der Waals surface area contributed by atoms with Gasteiger partial charge in [0.1, 0.15) is 30.0 Å². The van der Waals surface area contributed by atoms with Gasteiger partial charge in [0, 0.05) is 30.6 Å². The maximum atomic E-state index is 13.8. The molecule has 0 radical (unpaired) electrons. The fourth-order valence-corrected chi connectivity index (χ4v) is 8.15. The summed E-state index contributed by atoms with van der Waals surface area (Å²) < 4.78 is 16.6.